The van der Waals surface area contributed by atoms with Gasteiger partial charge in [0, 0.05) is 51.8 Å². The highest BCUT2D eigenvalue weighted by molar-refractivity contribution is 7.99. The predicted molar refractivity (Wildman–Crippen MR) is 155 cm³/mol. The number of aromatic nitrogens is 1. The Labute approximate surface area is 226 Å². The zero-order valence-electron chi connectivity index (χ0n) is 20.8. The van der Waals surface area contributed by atoms with Gasteiger partial charge in [0.15, 0.2) is 0 Å². The number of aromatic amines is 1. The fourth-order valence-corrected chi connectivity index (χ4v) is 5.91. The Kier molecular flexibility index (Phi) is 7.87. The van der Waals surface area contributed by atoms with E-state index in [-0.39, 0.29) is 17.4 Å². The van der Waals surface area contributed by atoms with Crippen molar-refractivity contribution in [3.05, 3.63) is 93.7 Å². The van der Waals surface area contributed by atoms with E-state index in [2.05, 4.69) is 46.4 Å². The van der Waals surface area contributed by atoms with Gasteiger partial charge in [-0.05, 0) is 55.7 Å². The maximum Gasteiger partial charge on any atom is 0.272 e. The maximum atomic E-state index is 13.4. The van der Waals surface area contributed by atoms with Crippen LogP contribution in [0.3, 0.4) is 0 Å². The van der Waals surface area contributed by atoms with Crippen LogP contribution in [0, 0.1) is 12.8 Å². The standard InChI is InChI=1S/C30H30ClN3O2S/c1-20-9-12-24(13-10-20)37-17-15-32-29(35)22-8-5-16-34(19-22)28-27(21-6-3-2-4-7-21)25-18-23(31)11-14-26(25)33-30(28)36/h2-4,6-7,9-14,18,22H,5,8,15-17,19H2,1H3,(H,32,35)(H,33,36). The number of fused-ring (bicyclic) bond motifs is 1. The zero-order valence-corrected chi connectivity index (χ0v) is 22.4. The Morgan fingerprint density at radius 2 is 1.89 bits per heavy atom. The summed E-state index contributed by atoms with van der Waals surface area (Å²) in [4.78, 5) is 32.8. The third-order valence-corrected chi connectivity index (χ3v) is 8.06. The van der Waals surface area contributed by atoms with Gasteiger partial charge in [-0.1, -0.05) is 59.6 Å². The molecule has 0 bridgehead atoms. The molecule has 1 fully saturated rings. The molecule has 0 spiro atoms. The second-order valence-electron chi connectivity index (χ2n) is 9.47. The number of nitrogens with zero attached hydrogens (tertiary/aromatic N) is 1. The van der Waals surface area contributed by atoms with Crippen LogP contribution in [0.4, 0.5) is 5.69 Å². The summed E-state index contributed by atoms with van der Waals surface area (Å²) in [5, 5.41) is 4.62. The Bertz CT molecular complexity index is 1450. The van der Waals surface area contributed by atoms with Crippen molar-refractivity contribution in [2.45, 2.75) is 24.7 Å². The number of carbonyl (C=O) groups excluding carboxylic acids is 1. The molecule has 190 valence electrons. The van der Waals surface area contributed by atoms with Gasteiger partial charge in [-0.2, -0.15) is 0 Å². The van der Waals surface area contributed by atoms with Crippen molar-refractivity contribution >= 4 is 45.9 Å². The number of halogens is 1. The number of carbonyl (C=O) groups is 1. The SMILES string of the molecule is Cc1ccc(SCCNC(=O)C2CCCN(c3c(-c4ccccc4)c4cc(Cl)ccc4[nH]c3=O)C2)cc1. The molecular formula is C30H30ClN3O2S. The summed E-state index contributed by atoms with van der Waals surface area (Å²) in [6.45, 7) is 3.91. The first kappa shape index (κ1) is 25.4. The van der Waals surface area contributed by atoms with Gasteiger partial charge in [-0.25, -0.2) is 0 Å². The minimum Gasteiger partial charge on any atom is -0.366 e. The number of amides is 1. The van der Waals surface area contributed by atoms with Gasteiger partial charge in [-0.3, -0.25) is 9.59 Å². The summed E-state index contributed by atoms with van der Waals surface area (Å²) in [6.07, 6.45) is 1.66. The summed E-state index contributed by atoms with van der Waals surface area (Å²) < 4.78 is 0. The van der Waals surface area contributed by atoms with Crippen molar-refractivity contribution in [3.63, 3.8) is 0 Å². The summed E-state index contributed by atoms with van der Waals surface area (Å²) in [6, 6.07) is 23.9. The molecule has 7 heteroatoms. The number of piperidine rings is 1. The molecule has 1 aromatic heterocycles. The first-order valence-corrected chi connectivity index (χ1v) is 14.0. The molecule has 2 heterocycles. The van der Waals surface area contributed by atoms with Crippen LogP contribution in [0.15, 0.2) is 82.5 Å². The largest absolute Gasteiger partial charge is 0.366 e. The van der Waals surface area contributed by atoms with Crippen molar-refractivity contribution in [2.24, 2.45) is 5.92 Å². The highest BCUT2D eigenvalue weighted by Gasteiger charge is 2.29. The third kappa shape index (κ3) is 5.86. The molecule has 1 unspecified atom stereocenters. The lowest BCUT2D eigenvalue weighted by Gasteiger charge is -2.34. The van der Waals surface area contributed by atoms with Gasteiger partial charge < -0.3 is 15.2 Å². The molecule has 0 radical (unpaired) electrons. The molecule has 0 aliphatic carbocycles. The van der Waals surface area contributed by atoms with Gasteiger partial charge >= 0.3 is 0 Å². The molecule has 4 aromatic rings. The highest BCUT2D eigenvalue weighted by atomic mass is 35.5. The van der Waals surface area contributed by atoms with E-state index in [0.717, 1.165) is 47.2 Å². The van der Waals surface area contributed by atoms with Gasteiger partial charge in [0.05, 0.1) is 5.92 Å². The van der Waals surface area contributed by atoms with E-state index in [1.807, 2.05) is 42.5 Å². The topological polar surface area (TPSA) is 65.2 Å². The Hall–Kier alpha value is -3.22. The third-order valence-electron chi connectivity index (χ3n) is 6.81. The number of anilines is 1. The van der Waals surface area contributed by atoms with Crippen molar-refractivity contribution in [2.75, 3.05) is 30.3 Å². The van der Waals surface area contributed by atoms with Gasteiger partial charge in [0.1, 0.15) is 5.69 Å². The predicted octanol–water partition coefficient (Wildman–Crippen LogP) is 6.28. The average Bonchev–Trinajstić information content (AvgIpc) is 2.92. The fourth-order valence-electron chi connectivity index (χ4n) is 4.97. The highest BCUT2D eigenvalue weighted by Crippen LogP contribution is 2.37. The lowest BCUT2D eigenvalue weighted by molar-refractivity contribution is -0.125. The van der Waals surface area contributed by atoms with Crippen LogP contribution >= 0.6 is 23.4 Å². The number of hydrogen-bond donors (Lipinski definition) is 2. The minimum atomic E-state index is -0.170. The van der Waals surface area contributed by atoms with E-state index in [1.165, 1.54) is 10.5 Å². The van der Waals surface area contributed by atoms with E-state index in [1.54, 1.807) is 17.8 Å². The number of pyridine rings is 1. The lowest BCUT2D eigenvalue weighted by Crippen LogP contribution is -2.45. The van der Waals surface area contributed by atoms with Crippen LogP contribution in [0.5, 0.6) is 0 Å². The van der Waals surface area contributed by atoms with E-state index in [0.29, 0.717) is 23.8 Å². The van der Waals surface area contributed by atoms with Gasteiger partial charge in [0.2, 0.25) is 5.91 Å². The van der Waals surface area contributed by atoms with Crippen molar-refractivity contribution in [1.82, 2.24) is 10.3 Å². The fraction of sp³-hybridized carbons (Fsp3) is 0.267. The number of nitrogens with one attached hydrogen (secondary N) is 2. The molecule has 1 aliphatic heterocycles. The summed E-state index contributed by atoms with van der Waals surface area (Å²) in [7, 11) is 0. The van der Waals surface area contributed by atoms with Crippen LogP contribution in [-0.2, 0) is 4.79 Å². The quantitative estimate of drug-likeness (QED) is 0.217. The molecule has 0 saturated carbocycles. The van der Waals surface area contributed by atoms with Crippen molar-refractivity contribution in [3.8, 4) is 11.1 Å². The van der Waals surface area contributed by atoms with Crippen LogP contribution < -0.4 is 15.8 Å². The van der Waals surface area contributed by atoms with Crippen molar-refractivity contribution in [1.29, 1.82) is 0 Å². The normalized spacial score (nSPS) is 15.6. The number of hydrogen-bond acceptors (Lipinski definition) is 4. The van der Waals surface area contributed by atoms with Crippen molar-refractivity contribution < 1.29 is 4.79 Å². The number of H-pyrrole nitrogens is 1. The molecule has 1 aliphatic rings. The van der Waals surface area contributed by atoms with Crippen LogP contribution in [-0.4, -0.2) is 36.3 Å². The lowest BCUT2D eigenvalue weighted by atomic mass is 9.94. The molecule has 1 saturated heterocycles. The maximum absolute atomic E-state index is 13.4. The minimum absolute atomic E-state index is 0.0516. The van der Waals surface area contributed by atoms with Gasteiger partial charge in [0.25, 0.3) is 5.56 Å². The Morgan fingerprint density at radius 3 is 2.68 bits per heavy atom. The number of benzene rings is 3. The number of rotatable bonds is 7. The number of aryl methyl sites for hydroxylation is 1. The van der Waals surface area contributed by atoms with E-state index in [9.17, 15) is 9.59 Å². The second-order valence-corrected chi connectivity index (χ2v) is 11.1. The second kappa shape index (κ2) is 11.4. The van der Waals surface area contributed by atoms with Crippen LogP contribution in [0.2, 0.25) is 5.02 Å². The molecule has 5 rings (SSSR count). The first-order chi connectivity index (χ1) is 18.0. The van der Waals surface area contributed by atoms with E-state index in [4.69, 9.17) is 11.6 Å². The zero-order chi connectivity index (χ0) is 25.8. The molecule has 37 heavy (non-hydrogen) atoms. The molecule has 3 aromatic carbocycles. The first-order valence-electron chi connectivity index (χ1n) is 12.6. The molecule has 1 atom stereocenters. The number of thioether (sulfide) groups is 1. The van der Waals surface area contributed by atoms with Crippen LogP contribution in [0.25, 0.3) is 22.0 Å². The monoisotopic (exact) mass is 531 g/mol. The average molecular weight is 532 g/mol. The molecule has 1 amide bonds. The molecular weight excluding hydrogens is 502 g/mol. The summed E-state index contributed by atoms with van der Waals surface area (Å²) in [5.74, 6) is 0.695. The summed E-state index contributed by atoms with van der Waals surface area (Å²) >= 11 is 8.10. The van der Waals surface area contributed by atoms with Crippen LogP contribution in [0.1, 0.15) is 18.4 Å². The van der Waals surface area contributed by atoms with Gasteiger partial charge in [-0.15, -0.1) is 11.8 Å². The molecule has 5 nitrogen and oxygen atoms in total. The Morgan fingerprint density at radius 1 is 1.11 bits per heavy atom. The summed E-state index contributed by atoms with van der Waals surface area (Å²) in [5.41, 5.74) is 4.25. The van der Waals surface area contributed by atoms with E-state index < -0.39 is 0 Å². The Balaban J connectivity index is 1.35. The molecule has 2 N–H and O–H groups in total. The smallest absolute Gasteiger partial charge is 0.272 e. The van der Waals surface area contributed by atoms with E-state index >= 15 is 0 Å².